The lowest BCUT2D eigenvalue weighted by Gasteiger charge is -2.14. The third kappa shape index (κ3) is 7.07. The minimum atomic E-state index is -0.554. The Morgan fingerprint density at radius 1 is 1.10 bits per heavy atom. The summed E-state index contributed by atoms with van der Waals surface area (Å²) < 4.78 is 25.1. The summed E-state index contributed by atoms with van der Waals surface area (Å²) in [5, 5.41) is 2.20. The van der Waals surface area contributed by atoms with Crippen molar-refractivity contribution in [1.29, 1.82) is 0 Å². The molecule has 0 spiro atoms. The van der Waals surface area contributed by atoms with Gasteiger partial charge in [-0.05, 0) is 92.8 Å². The molecule has 1 aliphatic heterocycles. The van der Waals surface area contributed by atoms with E-state index in [2.05, 4.69) is 35.1 Å². The summed E-state index contributed by atoms with van der Waals surface area (Å²) in [6.45, 7) is 3.95. The predicted octanol–water partition coefficient (Wildman–Crippen LogP) is 6.97. The van der Waals surface area contributed by atoms with Gasteiger partial charge in [-0.1, -0.05) is 38.1 Å². The molecule has 1 fully saturated rings. The molecule has 7 nitrogen and oxygen atoms in total. The fourth-order valence-electron chi connectivity index (χ4n) is 3.78. The molecule has 202 valence electrons. The maximum atomic E-state index is 13.2. The van der Waals surface area contributed by atoms with Crippen molar-refractivity contribution in [3.05, 3.63) is 92.5 Å². The van der Waals surface area contributed by atoms with Crippen LogP contribution in [-0.2, 0) is 16.2 Å². The van der Waals surface area contributed by atoms with E-state index in [1.54, 1.807) is 42.5 Å². The molecule has 4 rings (SSSR count). The quantitative estimate of drug-likeness (QED) is 0.263. The Kier molecular flexibility index (Phi) is 9.08. The van der Waals surface area contributed by atoms with Crippen molar-refractivity contribution in [2.24, 2.45) is 0 Å². The summed E-state index contributed by atoms with van der Waals surface area (Å²) in [5.41, 5.74) is 3.10. The molecule has 0 atom stereocenters. The molecule has 0 aromatic heterocycles. The molecule has 39 heavy (non-hydrogen) atoms. The van der Waals surface area contributed by atoms with E-state index >= 15 is 0 Å². The number of halogens is 2. The van der Waals surface area contributed by atoms with Crippen LogP contribution in [0.2, 0.25) is 0 Å². The van der Waals surface area contributed by atoms with Gasteiger partial charge < -0.3 is 14.8 Å². The molecule has 0 bridgehead atoms. The molecule has 1 aliphatic rings. The first-order chi connectivity index (χ1) is 18.6. The zero-order valence-electron chi connectivity index (χ0n) is 21.5. The van der Waals surface area contributed by atoms with Crippen LogP contribution in [0.25, 0.3) is 6.08 Å². The maximum absolute atomic E-state index is 13.2. The molecule has 1 saturated heterocycles. The lowest BCUT2D eigenvalue weighted by atomic mass is 10.0. The van der Waals surface area contributed by atoms with E-state index in [0.29, 0.717) is 33.1 Å². The van der Waals surface area contributed by atoms with Crippen LogP contribution in [-0.4, -0.2) is 35.6 Å². The van der Waals surface area contributed by atoms with Gasteiger partial charge in [0, 0.05) is 5.69 Å². The maximum Gasteiger partial charge on any atom is 0.294 e. The lowest BCUT2D eigenvalue weighted by Crippen LogP contribution is -2.36. The minimum absolute atomic E-state index is 0.183. The van der Waals surface area contributed by atoms with Crippen LogP contribution in [0.15, 0.2) is 70.0 Å². The van der Waals surface area contributed by atoms with Crippen LogP contribution in [0, 0.1) is 5.82 Å². The van der Waals surface area contributed by atoms with Crippen molar-refractivity contribution < 1.29 is 28.2 Å². The van der Waals surface area contributed by atoms with Crippen molar-refractivity contribution in [3.63, 3.8) is 0 Å². The second-order valence-electron chi connectivity index (χ2n) is 9.04. The number of carbonyl (C=O) groups is 3. The standard InChI is InChI=1S/C29H26BrFN2O5S/c1-17(2)20-6-10-22(11-7-20)32-26(34)15-33-28(35)25(39-29(33)36)14-19-12-23(30)27(24(13-19)37-3)38-16-18-4-8-21(31)9-5-18/h4-14,17H,15-16H2,1-3H3,(H,32,34)/b25-14+. The Hall–Kier alpha value is -3.63. The Labute approximate surface area is 238 Å². The Bertz CT molecular complexity index is 1420. The Morgan fingerprint density at radius 2 is 1.79 bits per heavy atom. The van der Waals surface area contributed by atoms with Gasteiger partial charge >= 0.3 is 0 Å². The molecule has 0 saturated carbocycles. The number of benzene rings is 3. The molecule has 3 amide bonds. The number of hydrogen-bond acceptors (Lipinski definition) is 6. The summed E-state index contributed by atoms with van der Waals surface area (Å²) in [7, 11) is 1.49. The molecule has 1 N–H and O–H groups in total. The molecule has 0 unspecified atom stereocenters. The van der Waals surface area contributed by atoms with Crippen LogP contribution in [0.5, 0.6) is 11.5 Å². The summed E-state index contributed by atoms with van der Waals surface area (Å²) in [5.74, 6) is -0.152. The molecule has 3 aromatic rings. The van der Waals surface area contributed by atoms with E-state index in [-0.39, 0.29) is 17.3 Å². The van der Waals surface area contributed by atoms with Crippen molar-refractivity contribution in [2.75, 3.05) is 19.0 Å². The Morgan fingerprint density at radius 3 is 2.44 bits per heavy atom. The van der Waals surface area contributed by atoms with Gasteiger partial charge in [0.25, 0.3) is 11.1 Å². The summed E-state index contributed by atoms with van der Waals surface area (Å²) in [6, 6.07) is 16.8. The Balaban J connectivity index is 1.44. The lowest BCUT2D eigenvalue weighted by molar-refractivity contribution is -0.127. The van der Waals surface area contributed by atoms with Gasteiger partial charge in [0.15, 0.2) is 11.5 Å². The molecule has 0 aliphatic carbocycles. The number of anilines is 1. The SMILES string of the molecule is COc1cc(/C=C2/SC(=O)N(CC(=O)Nc3ccc(C(C)C)cc3)C2=O)cc(Br)c1OCc1ccc(F)cc1. The third-order valence-electron chi connectivity index (χ3n) is 5.88. The first-order valence-electron chi connectivity index (χ1n) is 12.0. The van der Waals surface area contributed by atoms with Crippen LogP contribution in [0.1, 0.15) is 36.5 Å². The normalized spacial score (nSPS) is 14.3. The second kappa shape index (κ2) is 12.5. The highest BCUT2D eigenvalue weighted by Gasteiger charge is 2.36. The molecular weight excluding hydrogens is 587 g/mol. The van der Waals surface area contributed by atoms with Gasteiger partial charge in [-0.25, -0.2) is 4.39 Å². The number of methoxy groups -OCH3 is 1. The largest absolute Gasteiger partial charge is 0.493 e. The average molecular weight is 614 g/mol. The molecule has 10 heteroatoms. The average Bonchev–Trinajstić information content (AvgIpc) is 3.16. The van der Waals surface area contributed by atoms with Crippen LogP contribution in [0.4, 0.5) is 14.9 Å². The van der Waals surface area contributed by atoms with Crippen molar-refractivity contribution >= 4 is 56.5 Å². The van der Waals surface area contributed by atoms with Crippen molar-refractivity contribution in [3.8, 4) is 11.5 Å². The van der Waals surface area contributed by atoms with E-state index in [4.69, 9.17) is 9.47 Å². The fourth-order valence-corrected chi connectivity index (χ4v) is 5.19. The van der Waals surface area contributed by atoms with Gasteiger partial charge in [-0.15, -0.1) is 0 Å². The summed E-state index contributed by atoms with van der Waals surface area (Å²) in [4.78, 5) is 39.2. The van der Waals surface area contributed by atoms with Gasteiger partial charge in [0.1, 0.15) is 19.0 Å². The number of rotatable bonds is 9. The zero-order chi connectivity index (χ0) is 28.1. The number of nitrogens with zero attached hydrogens (tertiary/aromatic N) is 1. The van der Waals surface area contributed by atoms with Crippen molar-refractivity contribution in [1.82, 2.24) is 4.90 Å². The van der Waals surface area contributed by atoms with E-state index in [1.807, 2.05) is 12.1 Å². The van der Waals surface area contributed by atoms with E-state index in [0.717, 1.165) is 27.8 Å². The summed E-state index contributed by atoms with van der Waals surface area (Å²) in [6.07, 6.45) is 1.56. The zero-order valence-corrected chi connectivity index (χ0v) is 23.9. The smallest absolute Gasteiger partial charge is 0.294 e. The van der Waals surface area contributed by atoms with Crippen LogP contribution < -0.4 is 14.8 Å². The number of ether oxygens (including phenoxy) is 2. The van der Waals surface area contributed by atoms with Crippen LogP contribution in [0.3, 0.4) is 0 Å². The number of amides is 3. The number of thioether (sulfide) groups is 1. The summed E-state index contributed by atoms with van der Waals surface area (Å²) >= 11 is 4.24. The number of imide groups is 1. The molecular formula is C29H26BrFN2O5S. The van der Waals surface area contributed by atoms with E-state index < -0.39 is 23.6 Å². The minimum Gasteiger partial charge on any atom is -0.493 e. The van der Waals surface area contributed by atoms with Gasteiger partial charge in [-0.2, -0.15) is 0 Å². The first kappa shape index (κ1) is 28.4. The fraction of sp³-hybridized carbons (Fsp3) is 0.207. The van der Waals surface area contributed by atoms with E-state index in [1.165, 1.54) is 19.2 Å². The second-order valence-corrected chi connectivity index (χ2v) is 10.9. The highest BCUT2D eigenvalue weighted by molar-refractivity contribution is 9.10. The van der Waals surface area contributed by atoms with E-state index in [9.17, 15) is 18.8 Å². The van der Waals surface area contributed by atoms with Gasteiger partial charge in [0.05, 0.1) is 16.5 Å². The van der Waals surface area contributed by atoms with Crippen molar-refractivity contribution in [2.45, 2.75) is 26.4 Å². The predicted molar refractivity (Wildman–Crippen MR) is 153 cm³/mol. The third-order valence-corrected chi connectivity index (χ3v) is 7.38. The number of carbonyl (C=O) groups excluding carboxylic acids is 3. The number of hydrogen-bond donors (Lipinski definition) is 1. The first-order valence-corrected chi connectivity index (χ1v) is 13.7. The number of nitrogens with one attached hydrogen (secondary N) is 1. The van der Waals surface area contributed by atoms with Gasteiger partial charge in [-0.3, -0.25) is 19.3 Å². The topological polar surface area (TPSA) is 84.9 Å². The highest BCUT2D eigenvalue weighted by Crippen LogP contribution is 2.39. The van der Waals surface area contributed by atoms with Crippen LogP contribution >= 0.6 is 27.7 Å². The molecule has 0 radical (unpaired) electrons. The highest BCUT2D eigenvalue weighted by atomic mass is 79.9. The molecule has 1 heterocycles. The van der Waals surface area contributed by atoms with Gasteiger partial charge in [0.2, 0.25) is 5.91 Å². The monoisotopic (exact) mass is 612 g/mol. The molecule has 3 aromatic carbocycles.